The zero-order valence-electron chi connectivity index (χ0n) is 15.2. The van der Waals surface area contributed by atoms with Crippen molar-refractivity contribution in [3.05, 3.63) is 46.5 Å². The van der Waals surface area contributed by atoms with Crippen LogP contribution in [-0.4, -0.2) is 33.0 Å². The lowest BCUT2D eigenvalue weighted by atomic mass is 10.1. The van der Waals surface area contributed by atoms with Crippen molar-refractivity contribution in [1.29, 1.82) is 0 Å². The molecule has 0 bridgehead atoms. The minimum atomic E-state index is 0.292. The van der Waals surface area contributed by atoms with Crippen molar-refractivity contribution in [3.8, 4) is 17.1 Å². The van der Waals surface area contributed by atoms with Crippen molar-refractivity contribution >= 4 is 11.6 Å². The Morgan fingerprint density at radius 1 is 1.38 bits per heavy atom. The average molecular weight is 372 g/mol. The summed E-state index contributed by atoms with van der Waals surface area (Å²) in [6.07, 6.45) is 4.84. The fraction of sp³-hybridized carbons (Fsp3) is 0.421. The Labute approximate surface area is 157 Å². The normalized spacial score (nSPS) is 15.4. The molecule has 0 aliphatic heterocycles. The van der Waals surface area contributed by atoms with Gasteiger partial charge in [0.05, 0.1) is 23.1 Å². The van der Waals surface area contributed by atoms with Crippen LogP contribution >= 0.6 is 11.6 Å². The number of aromatic nitrogens is 4. The smallest absolute Gasteiger partial charge is 0.261 e. The molecule has 0 radical (unpaired) electrons. The van der Waals surface area contributed by atoms with E-state index in [2.05, 4.69) is 27.5 Å². The lowest BCUT2D eigenvalue weighted by Gasteiger charge is -2.09. The summed E-state index contributed by atoms with van der Waals surface area (Å²) in [7, 11) is 1.92. The minimum Gasteiger partial charge on any atom is -0.334 e. The Morgan fingerprint density at radius 3 is 2.88 bits per heavy atom. The fourth-order valence-electron chi connectivity index (χ4n) is 3.01. The van der Waals surface area contributed by atoms with Crippen LogP contribution in [0.4, 0.5) is 0 Å². The topological polar surface area (TPSA) is 68.8 Å². The van der Waals surface area contributed by atoms with Gasteiger partial charge in [-0.1, -0.05) is 22.8 Å². The number of benzene rings is 1. The van der Waals surface area contributed by atoms with E-state index in [1.165, 1.54) is 0 Å². The average Bonchev–Trinajstić information content (AvgIpc) is 3.20. The summed E-state index contributed by atoms with van der Waals surface area (Å²) in [6, 6.07) is 6.30. The SMILES string of the molecule is CNC(C)Cc1noc(-c2cnn(-c3ccc(C)c(Cl)c3)c2C2CC2)n1. The summed E-state index contributed by atoms with van der Waals surface area (Å²) in [5.74, 6) is 1.71. The number of hydrogen-bond donors (Lipinski definition) is 1. The molecule has 1 aliphatic carbocycles. The first kappa shape index (κ1) is 17.2. The Morgan fingerprint density at radius 2 is 2.19 bits per heavy atom. The van der Waals surface area contributed by atoms with E-state index in [0.29, 0.717) is 23.7 Å². The van der Waals surface area contributed by atoms with Crippen molar-refractivity contribution < 1.29 is 4.52 Å². The van der Waals surface area contributed by atoms with Gasteiger partial charge in [0, 0.05) is 23.4 Å². The lowest BCUT2D eigenvalue weighted by Crippen LogP contribution is -2.24. The summed E-state index contributed by atoms with van der Waals surface area (Å²) in [5.41, 5.74) is 4.05. The van der Waals surface area contributed by atoms with E-state index >= 15 is 0 Å². The molecule has 3 aromatic rings. The third-order valence-corrected chi connectivity index (χ3v) is 5.26. The van der Waals surface area contributed by atoms with Crippen LogP contribution in [-0.2, 0) is 6.42 Å². The number of rotatable bonds is 6. The summed E-state index contributed by atoms with van der Waals surface area (Å²) in [6.45, 7) is 4.08. The van der Waals surface area contributed by atoms with Gasteiger partial charge in [-0.2, -0.15) is 10.1 Å². The molecule has 2 aromatic heterocycles. The van der Waals surface area contributed by atoms with Gasteiger partial charge < -0.3 is 9.84 Å². The summed E-state index contributed by atoms with van der Waals surface area (Å²) >= 11 is 6.31. The maximum Gasteiger partial charge on any atom is 0.261 e. The predicted octanol–water partition coefficient (Wildman–Crippen LogP) is 3.91. The second-order valence-corrected chi connectivity index (χ2v) is 7.38. The van der Waals surface area contributed by atoms with E-state index in [1.54, 1.807) is 0 Å². The number of aryl methyl sites for hydroxylation is 1. The summed E-state index contributed by atoms with van der Waals surface area (Å²) < 4.78 is 7.50. The molecule has 6 nitrogen and oxygen atoms in total. The van der Waals surface area contributed by atoms with Gasteiger partial charge in [0.15, 0.2) is 5.82 Å². The molecule has 0 amide bonds. The van der Waals surface area contributed by atoms with E-state index < -0.39 is 0 Å². The van der Waals surface area contributed by atoms with Gasteiger partial charge in [-0.05, 0) is 51.4 Å². The molecule has 0 saturated heterocycles. The molecule has 1 saturated carbocycles. The van der Waals surface area contributed by atoms with Crippen LogP contribution in [0.5, 0.6) is 0 Å². The van der Waals surface area contributed by atoms with Crippen LogP contribution in [0.2, 0.25) is 5.02 Å². The Hall–Kier alpha value is -2.18. The zero-order chi connectivity index (χ0) is 18.3. The van der Waals surface area contributed by atoms with E-state index in [9.17, 15) is 0 Å². The maximum absolute atomic E-state index is 6.31. The van der Waals surface area contributed by atoms with Gasteiger partial charge in [0.25, 0.3) is 5.89 Å². The Bertz CT molecular complexity index is 928. The first-order valence-corrected chi connectivity index (χ1v) is 9.29. The zero-order valence-corrected chi connectivity index (χ0v) is 15.9. The first-order valence-electron chi connectivity index (χ1n) is 8.91. The monoisotopic (exact) mass is 371 g/mol. The minimum absolute atomic E-state index is 0.292. The quantitative estimate of drug-likeness (QED) is 0.711. The highest BCUT2D eigenvalue weighted by Gasteiger charge is 2.33. The Kier molecular flexibility index (Phi) is 4.54. The molecule has 1 unspecified atom stereocenters. The van der Waals surface area contributed by atoms with E-state index in [0.717, 1.165) is 46.8 Å². The second-order valence-electron chi connectivity index (χ2n) is 6.97. The first-order chi connectivity index (χ1) is 12.6. The van der Waals surface area contributed by atoms with Crippen molar-refractivity contribution in [2.45, 2.75) is 45.1 Å². The third kappa shape index (κ3) is 3.27. The number of likely N-dealkylation sites (N-methyl/N-ethyl adjacent to an activating group) is 1. The predicted molar refractivity (Wildman–Crippen MR) is 101 cm³/mol. The van der Waals surface area contributed by atoms with Gasteiger partial charge in [0.1, 0.15) is 0 Å². The van der Waals surface area contributed by atoms with Gasteiger partial charge in [0.2, 0.25) is 0 Å². The maximum atomic E-state index is 6.31. The molecule has 1 atom stereocenters. The fourth-order valence-corrected chi connectivity index (χ4v) is 3.19. The number of nitrogens with one attached hydrogen (secondary N) is 1. The number of halogens is 1. The van der Waals surface area contributed by atoms with Crippen molar-refractivity contribution in [3.63, 3.8) is 0 Å². The van der Waals surface area contributed by atoms with Crippen molar-refractivity contribution in [1.82, 2.24) is 25.2 Å². The van der Waals surface area contributed by atoms with Crippen LogP contribution in [0.1, 0.15) is 42.8 Å². The molecule has 1 fully saturated rings. The van der Waals surface area contributed by atoms with Crippen molar-refractivity contribution in [2.75, 3.05) is 7.05 Å². The third-order valence-electron chi connectivity index (χ3n) is 4.85. The van der Waals surface area contributed by atoms with Crippen LogP contribution in [0.25, 0.3) is 17.1 Å². The number of nitrogens with zero attached hydrogens (tertiary/aromatic N) is 4. The summed E-state index contributed by atoms with van der Waals surface area (Å²) in [5, 5.41) is 12.6. The molecule has 1 aromatic carbocycles. The molecule has 4 rings (SSSR count). The van der Waals surface area contributed by atoms with Crippen LogP contribution in [0.3, 0.4) is 0 Å². The molecule has 2 heterocycles. The van der Waals surface area contributed by atoms with Gasteiger partial charge in [-0.25, -0.2) is 4.68 Å². The molecular formula is C19H22ClN5O. The van der Waals surface area contributed by atoms with E-state index in [4.69, 9.17) is 16.1 Å². The number of hydrogen-bond acceptors (Lipinski definition) is 5. The van der Waals surface area contributed by atoms with Crippen LogP contribution in [0.15, 0.2) is 28.9 Å². The molecule has 7 heteroatoms. The standard InChI is InChI=1S/C19H22ClN5O/c1-11-4-7-14(9-16(11)20)25-18(13-5-6-13)15(10-22-25)19-23-17(24-26-19)8-12(2)21-3/h4,7,9-10,12-13,21H,5-6,8H2,1-3H3. The molecule has 26 heavy (non-hydrogen) atoms. The highest BCUT2D eigenvalue weighted by Crippen LogP contribution is 2.45. The van der Waals surface area contributed by atoms with Crippen molar-refractivity contribution in [2.24, 2.45) is 0 Å². The molecule has 1 aliphatic rings. The Balaban J connectivity index is 1.72. The highest BCUT2D eigenvalue weighted by atomic mass is 35.5. The van der Waals surface area contributed by atoms with Gasteiger partial charge in [-0.15, -0.1) is 0 Å². The molecule has 1 N–H and O–H groups in total. The van der Waals surface area contributed by atoms with Gasteiger partial charge >= 0.3 is 0 Å². The van der Waals surface area contributed by atoms with E-state index in [-0.39, 0.29) is 0 Å². The molecular weight excluding hydrogens is 350 g/mol. The largest absolute Gasteiger partial charge is 0.334 e. The van der Waals surface area contributed by atoms with E-state index in [1.807, 2.05) is 43.0 Å². The molecule has 0 spiro atoms. The molecule has 136 valence electrons. The summed E-state index contributed by atoms with van der Waals surface area (Å²) in [4.78, 5) is 4.58. The second kappa shape index (κ2) is 6.85. The highest BCUT2D eigenvalue weighted by molar-refractivity contribution is 6.31. The lowest BCUT2D eigenvalue weighted by molar-refractivity contribution is 0.418. The van der Waals surface area contributed by atoms with Crippen LogP contribution in [0, 0.1) is 6.92 Å². The van der Waals surface area contributed by atoms with Gasteiger partial charge in [-0.3, -0.25) is 0 Å². The van der Waals surface area contributed by atoms with Crippen LogP contribution < -0.4 is 5.32 Å².